The maximum atomic E-state index is 14.1. The Morgan fingerprint density at radius 2 is 1.53 bits per heavy atom. The van der Waals surface area contributed by atoms with Crippen LogP contribution in [0.2, 0.25) is 0 Å². The summed E-state index contributed by atoms with van der Waals surface area (Å²) >= 11 is 1.34. The van der Waals surface area contributed by atoms with E-state index in [4.69, 9.17) is 4.74 Å². The summed E-state index contributed by atoms with van der Waals surface area (Å²) in [6, 6.07) is 5.11. The molecule has 334 valence electrons. The van der Waals surface area contributed by atoms with Gasteiger partial charge in [-0.1, -0.05) is 24.3 Å². The van der Waals surface area contributed by atoms with Crippen LogP contribution < -0.4 is 37.8 Å². The zero-order chi connectivity index (χ0) is 45.7. The summed E-state index contributed by atoms with van der Waals surface area (Å²) < 4.78 is 6.66. The number of aliphatic carboxylic acids is 1. The lowest BCUT2D eigenvalue weighted by molar-refractivity contribution is -0.140. The number of aromatic amines is 1. The highest BCUT2D eigenvalue weighted by atomic mass is 32.2. The van der Waals surface area contributed by atoms with Crippen molar-refractivity contribution in [2.45, 2.75) is 82.1 Å². The number of hydrogen-bond acceptors (Lipinski definition) is 13. The normalized spacial score (nSPS) is 17.6. The van der Waals surface area contributed by atoms with E-state index in [1.807, 2.05) is 0 Å². The Bertz CT molecular complexity index is 2270. The van der Waals surface area contributed by atoms with Gasteiger partial charge in [0.15, 0.2) is 0 Å². The van der Waals surface area contributed by atoms with Gasteiger partial charge in [0.1, 0.15) is 47.5 Å². The number of ether oxygens (including phenoxy) is 1. The number of carbonyl (C=O) groups is 6. The molecular formula is C40H50N8O13S. The third-order valence-corrected chi connectivity index (χ3v) is 10.4. The second kappa shape index (κ2) is 22.2. The number of carbonyl (C=O) groups excluding carboxylic acids is 5. The van der Waals surface area contributed by atoms with E-state index < -0.39 is 89.4 Å². The number of aromatic nitrogens is 2. The fourth-order valence-corrected chi connectivity index (χ4v) is 6.94. The average molecular weight is 883 g/mol. The molecule has 0 saturated carbocycles. The van der Waals surface area contributed by atoms with Gasteiger partial charge in [-0.25, -0.2) is 14.4 Å². The highest BCUT2D eigenvalue weighted by Gasteiger charge is 2.37. The van der Waals surface area contributed by atoms with Gasteiger partial charge in [-0.15, -0.1) is 0 Å². The van der Waals surface area contributed by atoms with E-state index in [2.05, 4.69) is 31.6 Å². The molecule has 62 heavy (non-hydrogen) atoms. The van der Waals surface area contributed by atoms with Crippen LogP contribution in [0.4, 0.5) is 4.79 Å². The molecule has 10 N–H and O–H groups in total. The number of H-pyrrole nitrogens is 1. The zero-order valence-corrected chi connectivity index (χ0v) is 35.0. The number of nitrogens with one attached hydrogen (secondary N) is 6. The number of phenolic OH excluding ortho intramolecular Hbond substituents is 2. The minimum absolute atomic E-state index is 0.00262. The second-order valence-electron chi connectivity index (χ2n) is 14.4. The number of amides is 6. The molecule has 0 aliphatic carbocycles. The van der Waals surface area contributed by atoms with Crippen LogP contribution in [0.15, 0.2) is 82.3 Å². The first kappa shape index (κ1) is 47.9. The number of carboxylic acids is 1. The molecule has 2 heterocycles. The molecule has 0 spiro atoms. The summed E-state index contributed by atoms with van der Waals surface area (Å²) in [5.74, 6) is -4.27. The molecule has 21 nitrogen and oxygen atoms in total. The van der Waals surface area contributed by atoms with Gasteiger partial charge >= 0.3 is 17.7 Å². The second-order valence-corrected chi connectivity index (χ2v) is 15.4. The smallest absolute Gasteiger partial charge is 0.331 e. The molecule has 2 aromatic carbocycles. The van der Waals surface area contributed by atoms with Gasteiger partial charge in [-0.05, 0) is 60.7 Å². The van der Waals surface area contributed by atoms with Gasteiger partial charge in [-0.2, -0.15) is 11.8 Å². The molecule has 1 aromatic heterocycles. The van der Waals surface area contributed by atoms with Gasteiger partial charge in [-0.3, -0.25) is 33.5 Å². The van der Waals surface area contributed by atoms with Crippen LogP contribution in [-0.2, 0) is 41.6 Å². The van der Waals surface area contributed by atoms with Crippen molar-refractivity contribution in [3.05, 3.63) is 105 Å². The highest BCUT2D eigenvalue weighted by Crippen LogP contribution is 2.30. The van der Waals surface area contributed by atoms with E-state index in [9.17, 15) is 58.8 Å². The number of nitrogens with zero attached hydrogens (tertiary/aromatic N) is 2. The van der Waals surface area contributed by atoms with E-state index >= 15 is 0 Å². The molecule has 1 fully saturated rings. The van der Waals surface area contributed by atoms with Crippen molar-refractivity contribution in [2.24, 2.45) is 0 Å². The minimum Gasteiger partial charge on any atom is -0.508 e. The fourth-order valence-electron chi connectivity index (χ4n) is 6.47. The van der Waals surface area contributed by atoms with Crippen LogP contribution in [-0.4, -0.2) is 126 Å². The van der Waals surface area contributed by atoms with E-state index in [1.165, 1.54) is 63.0 Å². The number of likely N-dealkylation sites (N-methyl/N-ethyl adjacent to an activating group) is 1. The van der Waals surface area contributed by atoms with Gasteiger partial charge < -0.3 is 56.6 Å². The molecule has 4 unspecified atom stereocenters. The van der Waals surface area contributed by atoms with Crippen LogP contribution in [0.1, 0.15) is 44.0 Å². The van der Waals surface area contributed by atoms with Crippen LogP contribution in [0.3, 0.4) is 0 Å². The Labute approximate surface area is 358 Å². The lowest BCUT2D eigenvalue weighted by atomic mass is 10.0. The SMILES string of the molecule is CSCC[C@H](NC(=O)NC(Cc1cccc(O)c1)C(=O)O)C(=O)N[C@@H](C(=O)N/C=C1\CC(O)C(n2ccc(=O)[nH]c2=O)O1)C(C)N(C)C(=O)[C@H](Cc1cccc(O)c1)NC(C)=O. The Morgan fingerprint density at radius 1 is 0.919 bits per heavy atom. The summed E-state index contributed by atoms with van der Waals surface area (Å²) in [6.07, 6.45) is 0.974. The first-order chi connectivity index (χ1) is 29.4. The van der Waals surface area contributed by atoms with Crippen molar-refractivity contribution in [3.63, 3.8) is 0 Å². The molecule has 7 atom stereocenters. The van der Waals surface area contributed by atoms with Crippen LogP contribution in [0.25, 0.3) is 0 Å². The quantitative estimate of drug-likeness (QED) is 0.0718. The summed E-state index contributed by atoms with van der Waals surface area (Å²) in [5.41, 5.74) is -0.615. The molecule has 1 saturated heterocycles. The average Bonchev–Trinajstić information content (AvgIpc) is 3.58. The standard InChI is InChI=1S/C40H50N8O13S/c1-21(47(3)36(56)29(42-22(2)49)17-23-7-5-9-25(50)15-23)33(35(55)41-20-27-19-31(52)37(61-27)48-13-11-32(53)45-40(48)60)46-34(54)28(12-14-62-4)43-39(59)44-30(38(57)58)18-24-8-6-10-26(51)16-24/h5-11,13,15-16,20-21,28-31,33,37,50-52H,12,14,17-19H2,1-4H3,(H,41,55)(H,42,49)(H,46,54)(H,57,58)(H2,43,44,59)(H,45,53,60)/b27-20+/t21?,28-,29-,30?,31?,33+,37?/m0/s1. The van der Waals surface area contributed by atoms with Crippen molar-refractivity contribution in [1.82, 2.24) is 41.0 Å². The van der Waals surface area contributed by atoms with Crippen molar-refractivity contribution < 1.29 is 53.9 Å². The van der Waals surface area contributed by atoms with Gasteiger partial charge in [0.25, 0.3) is 5.56 Å². The topological polar surface area (TPSA) is 311 Å². The third-order valence-electron chi connectivity index (χ3n) is 9.75. The number of hydrogen-bond donors (Lipinski definition) is 10. The number of phenols is 2. The summed E-state index contributed by atoms with van der Waals surface area (Å²) in [5, 5.41) is 52.8. The van der Waals surface area contributed by atoms with Gasteiger partial charge in [0.2, 0.25) is 29.9 Å². The van der Waals surface area contributed by atoms with Crippen LogP contribution >= 0.6 is 11.8 Å². The minimum atomic E-state index is -1.59. The van der Waals surface area contributed by atoms with E-state index in [0.29, 0.717) is 16.9 Å². The molecule has 22 heteroatoms. The lowest BCUT2D eigenvalue weighted by Crippen LogP contribution is -2.62. The first-order valence-electron chi connectivity index (χ1n) is 19.2. The summed E-state index contributed by atoms with van der Waals surface area (Å²) in [4.78, 5) is 107. The van der Waals surface area contributed by atoms with E-state index in [-0.39, 0.29) is 42.9 Å². The zero-order valence-electron chi connectivity index (χ0n) is 34.2. The molecule has 1 aliphatic rings. The van der Waals surface area contributed by atoms with Crippen molar-refractivity contribution >= 4 is 47.4 Å². The number of aliphatic hydroxyl groups excluding tert-OH is 1. The number of urea groups is 1. The number of carboxylic acid groups (broad SMARTS) is 1. The molecule has 3 aromatic rings. The molecule has 4 rings (SSSR count). The first-order valence-corrected chi connectivity index (χ1v) is 20.6. The predicted octanol–water partition coefficient (Wildman–Crippen LogP) is -0.619. The number of aromatic hydroxyl groups is 2. The largest absolute Gasteiger partial charge is 0.508 e. The van der Waals surface area contributed by atoms with Crippen molar-refractivity contribution in [2.75, 3.05) is 19.1 Å². The van der Waals surface area contributed by atoms with Crippen molar-refractivity contribution in [3.8, 4) is 11.5 Å². The third kappa shape index (κ3) is 13.6. The monoisotopic (exact) mass is 882 g/mol. The molecule has 6 amide bonds. The maximum absolute atomic E-state index is 14.1. The Kier molecular flexibility index (Phi) is 17.1. The van der Waals surface area contributed by atoms with E-state index in [0.717, 1.165) is 27.9 Å². The Balaban J connectivity index is 1.60. The van der Waals surface area contributed by atoms with Crippen molar-refractivity contribution in [1.29, 1.82) is 0 Å². The highest BCUT2D eigenvalue weighted by molar-refractivity contribution is 7.98. The van der Waals surface area contributed by atoms with Crippen LogP contribution in [0.5, 0.6) is 11.5 Å². The molecular weight excluding hydrogens is 833 g/mol. The van der Waals surface area contributed by atoms with E-state index in [1.54, 1.807) is 24.5 Å². The summed E-state index contributed by atoms with van der Waals surface area (Å²) in [6.45, 7) is 2.65. The Morgan fingerprint density at radius 3 is 2.10 bits per heavy atom. The number of thioether (sulfide) groups is 1. The molecule has 0 radical (unpaired) electrons. The summed E-state index contributed by atoms with van der Waals surface area (Å²) in [7, 11) is 1.34. The number of benzene rings is 2. The number of rotatable bonds is 19. The maximum Gasteiger partial charge on any atom is 0.331 e. The lowest BCUT2D eigenvalue weighted by Gasteiger charge is -2.34. The van der Waals surface area contributed by atoms with Crippen LogP contribution in [0, 0.1) is 0 Å². The van der Waals surface area contributed by atoms with Gasteiger partial charge in [0.05, 0.1) is 6.04 Å². The number of aliphatic hydroxyl groups is 1. The predicted molar refractivity (Wildman–Crippen MR) is 224 cm³/mol. The Hall–Kier alpha value is -6.81. The molecule has 0 bridgehead atoms. The fraction of sp³-hybridized carbons (Fsp3) is 0.400. The van der Waals surface area contributed by atoms with Gasteiger partial charge in [0, 0.05) is 51.7 Å². The molecule has 1 aliphatic heterocycles.